The van der Waals surface area contributed by atoms with Gasteiger partial charge in [-0.1, -0.05) is 11.6 Å². The molecule has 0 aliphatic rings. The van der Waals surface area contributed by atoms with Gasteiger partial charge in [-0.3, -0.25) is 4.57 Å². The summed E-state index contributed by atoms with van der Waals surface area (Å²) in [6.45, 7) is -0.984. The fraction of sp³-hybridized carbons (Fsp3) is 0.250. The lowest BCUT2D eigenvalue weighted by Gasteiger charge is -2.14. The first kappa shape index (κ1) is 21.9. The molecule has 3 aromatic rings. The molecule has 2 aromatic heterocycles. The van der Waals surface area contributed by atoms with E-state index in [1.54, 1.807) is 0 Å². The van der Waals surface area contributed by atoms with E-state index >= 15 is 0 Å². The quantitative estimate of drug-likeness (QED) is 0.568. The van der Waals surface area contributed by atoms with Crippen LogP contribution >= 0.6 is 11.6 Å². The summed E-state index contributed by atoms with van der Waals surface area (Å²) in [5, 5.41) is 4.87. The topological polar surface area (TPSA) is 119 Å². The van der Waals surface area contributed by atoms with Crippen LogP contribution in [0.1, 0.15) is 0 Å². The van der Waals surface area contributed by atoms with E-state index < -0.39 is 33.8 Å². The van der Waals surface area contributed by atoms with Crippen molar-refractivity contribution >= 4 is 32.5 Å². The molecule has 0 amide bonds. The van der Waals surface area contributed by atoms with Crippen LogP contribution in [0.2, 0.25) is 5.02 Å². The molecule has 0 aliphatic carbocycles. The lowest BCUT2D eigenvalue weighted by atomic mass is 10.2. The zero-order valence-electron chi connectivity index (χ0n) is 15.4. The first-order valence-electron chi connectivity index (χ1n) is 8.01. The lowest BCUT2D eigenvalue weighted by Crippen LogP contribution is -2.12. The molecule has 0 fully saturated rings. The number of benzene rings is 1. The van der Waals surface area contributed by atoms with Gasteiger partial charge in [0.05, 0.1) is 24.8 Å². The maximum Gasteiger partial charge on any atom is 0.272 e. The number of halogens is 4. The maximum absolute atomic E-state index is 14.8. The van der Waals surface area contributed by atoms with Crippen LogP contribution in [-0.4, -0.2) is 50.2 Å². The Kier molecular flexibility index (Phi) is 5.97. The largest absolute Gasteiger partial charge is 0.478 e. The van der Waals surface area contributed by atoms with Gasteiger partial charge in [0.25, 0.3) is 18.2 Å². The summed E-state index contributed by atoms with van der Waals surface area (Å²) in [6.07, 6.45) is -1.80. The molecule has 0 saturated carbocycles. The number of hydrogen-bond donors (Lipinski definition) is 1. The number of sulfonamides is 1. The summed E-state index contributed by atoms with van der Waals surface area (Å²) >= 11 is 5.83. The Morgan fingerprint density at radius 3 is 2.30 bits per heavy atom. The summed E-state index contributed by atoms with van der Waals surface area (Å²) in [4.78, 5) is 7.59. The van der Waals surface area contributed by atoms with Gasteiger partial charge in [-0.25, -0.2) is 26.7 Å². The number of nitrogens with zero attached hydrogens (tertiary/aromatic N) is 3. The Morgan fingerprint density at radius 1 is 1.20 bits per heavy atom. The van der Waals surface area contributed by atoms with Crippen LogP contribution in [0, 0.1) is 5.82 Å². The number of primary sulfonamides is 1. The molecule has 0 aliphatic heterocycles. The minimum atomic E-state index is -4.26. The molecule has 0 bridgehead atoms. The maximum atomic E-state index is 14.8. The number of methoxy groups -OCH3 is 2. The molecular weight excluding hydrogens is 453 g/mol. The molecule has 0 atom stereocenters. The number of nitrogens with two attached hydrogens (primary N) is 1. The number of hydrogen-bond acceptors (Lipinski definition) is 7. The Balaban J connectivity index is 2.31. The number of fused-ring (bicyclic) bond motifs is 1. The highest BCUT2D eigenvalue weighted by atomic mass is 35.5. The van der Waals surface area contributed by atoms with Crippen molar-refractivity contribution in [2.45, 2.75) is 11.3 Å². The van der Waals surface area contributed by atoms with E-state index in [9.17, 15) is 21.6 Å². The lowest BCUT2D eigenvalue weighted by molar-refractivity contribution is 0.0780. The van der Waals surface area contributed by atoms with E-state index in [2.05, 4.69) is 9.97 Å². The average molecular weight is 467 g/mol. The van der Waals surface area contributed by atoms with Crippen LogP contribution in [0.3, 0.4) is 0 Å². The molecule has 0 radical (unpaired) electrons. The molecule has 3 rings (SSSR count). The molecular formula is C16H14ClF3N4O5S. The van der Waals surface area contributed by atoms with Gasteiger partial charge in [-0.15, -0.1) is 0 Å². The van der Waals surface area contributed by atoms with E-state index in [0.29, 0.717) is 0 Å². The minimum Gasteiger partial charge on any atom is -0.478 e. The summed E-state index contributed by atoms with van der Waals surface area (Å²) < 4.78 is 79.8. The SMILES string of the molecule is COc1nc(-n2cc(S(N)(=O)=O)c3ccc(Cl)c(F)c32)nc(OC)c1OCC(F)F. The summed E-state index contributed by atoms with van der Waals surface area (Å²) in [5.74, 6) is -2.19. The molecule has 2 N–H and O–H groups in total. The van der Waals surface area contributed by atoms with Crippen molar-refractivity contribution in [2.75, 3.05) is 20.8 Å². The zero-order chi connectivity index (χ0) is 22.2. The van der Waals surface area contributed by atoms with Crippen LogP contribution in [0.15, 0.2) is 23.2 Å². The van der Waals surface area contributed by atoms with Crippen molar-refractivity contribution in [1.82, 2.24) is 14.5 Å². The van der Waals surface area contributed by atoms with Gasteiger partial charge in [-0.05, 0) is 12.1 Å². The van der Waals surface area contributed by atoms with E-state index in [4.69, 9.17) is 31.0 Å². The number of ether oxygens (including phenoxy) is 3. The average Bonchev–Trinajstić information content (AvgIpc) is 3.09. The molecule has 2 heterocycles. The van der Waals surface area contributed by atoms with Crippen molar-refractivity contribution in [3.63, 3.8) is 0 Å². The molecule has 30 heavy (non-hydrogen) atoms. The first-order valence-corrected chi connectivity index (χ1v) is 9.94. The number of alkyl halides is 2. The van der Waals surface area contributed by atoms with Crippen LogP contribution in [0.25, 0.3) is 16.9 Å². The van der Waals surface area contributed by atoms with Gasteiger partial charge >= 0.3 is 0 Å². The molecule has 0 saturated heterocycles. The predicted octanol–water partition coefficient (Wildman–Crippen LogP) is 2.52. The monoisotopic (exact) mass is 466 g/mol. The fourth-order valence-corrected chi connectivity index (χ4v) is 3.54. The van der Waals surface area contributed by atoms with E-state index in [1.165, 1.54) is 26.4 Å². The highest BCUT2D eigenvalue weighted by Crippen LogP contribution is 2.37. The second-order valence-electron chi connectivity index (χ2n) is 5.74. The summed E-state index contributed by atoms with van der Waals surface area (Å²) in [7, 11) is -1.90. The highest BCUT2D eigenvalue weighted by Gasteiger charge is 2.26. The van der Waals surface area contributed by atoms with Gasteiger partial charge < -0.3 is 14.2 Å². The van der Waals surface area contributed by atoms with Gasteiger partial charge in [0.15, 0.2) is 5.82 Å². The summed E-state index contributed by atoms with van der Waals surface area (Å²) in [5.41, 5.74) is -0.281. The van der Waals surface area contributed by atoms with Gasteiger partial charge in [0.2, 0.25) is 21.7 Å². The fourth-order valence-electron chi connectivity index (χ4n) is 2.66. The Hall–Kier alpha value is -2.77. The van der Waals surface area contributed by atoms with Crippen LogP contribution in [0.5, 0.6) is 17.5 Å². The molecule has 1 aromatic carbocycles. The normalized spacial score (nSPS) is 11.9. The molecule has 0 spiro atoms. The first-order chi connectivity index (χ1) is 14.1. The van der Waals surface area contributed by atoms with Crippen molar-refractivity contribution in [2.24, 2.45) is 5.14 Å². The van der Waals surface area contributed by atoms with Crippen molar-refractivity contribution in [3.05, 3.63) is 29.2 Å². The Morgan fingerprint density at radius 2 is 1.80 bits per heavy atom. The minimum absolute atomic E-state index is 0.0704. The smallest absolute Gasteiger partial charge is 0.272 e. The molecule has 0 unspecified atom stereocenters. The van der Waals surface area contributed by atoms with E-state index in [0.717, 1.165) is 10.8 Å². The zero-order valence-corrected chi connectivity index (χ0v) is 17.0. The molecule has 162 valence electrons. The third-order valence-electron chi connectivity index (χ3n) is 3.88. The van der Waals surface area contributed by atoms with E-state index in [1.807, 2.05) is 0 Å². The van der Waals surface area contributed by atoms with Gasteiger partial charge in [0, 0.05) is 11.6 Å². The summed E-state index contributed by atoms with van der Waals surface area (Å²) in [6, 6.07) is 2.44. The van der Waals surface area contributed by atoms with Crippen LogP contribution in [0.4, 0.5) is 13.2 Å². The molecule has 9 nitrogen and oxygen atoms in total. The number of aromatic nitrogens is 3. The predicted molar refractivity (Wildman–Crippen MR) is 99.8 cm³/mol. The van der Waals surface area contributed by atoms with Crippen molar-refractivity contribution < 1.29 is 35.8 Å². The van der Waals surface area contributed by atoms with Crippen molar-refractivity contribution in [1.29, 1.82) is 0 Å². The highest BCUT2D eigenvalue weighted by molar-refractivity contribution is 7.89. The second-order valence-corrected chi connectivity index (χ2v) is 7.68. The Bertz CT molecular complexity index is 1190. The number of rotatable bonds is 7. The van der Waals surface area contributed by atoms with Gasteiger partial charge in [0.1, 0.15) is 11.5 Å². The van der Waals surface area contributed by atoms with Crippen LogP contribution < -0.4 is 19.3 Å². The van der Waals surface area contributed by atoms with Crippen LogP contribution in [-0.2, 0) is 10.0 Å². The van der Waals surface area contributed by atoms with Gasteiger partial charge in [-0.2, -0.15) is 9.97 Å². The second kappa shape index (κ2) is 8.16. The standard InChI is InChI=1S/C16H14ClF3N4O5S/c1-27-14-13(29-6-10(18)19)15(28-2)23-16(22-14)24-5-9(30(21,25)26)7-3-4-8(17)11(20)12(7)24/h3-5,10H,6H2,1-2H3,(H2,21,25,26). The van der Waals surface area contributed by atoms with Crippen molar-refractivity contribution in [3.8, 4) is 23.5 Å². The molecule has 14 heteroatoms. The third-order valence-corrected chi connectivity index (χ3v) is 5.11. The Labute approximate surface area is 173 Å². The third kappa shape index (κ3) is 3.95. The van der Waals surface area contributed by atoms with E-state index in [-0.39, 0.29) is 39.4 Å².